The molecule has 0 saturated heterocycles. The van der Waals surface area contributed by atoms with Gasteiger partial charge in [-0.05, 0) is 30.9 Å². The van der Waals surface area contributed by atoms with Crippen LogP contribution in [0.25, 0.3) is 11.5 Å². The zero-order valence-electron chi connectivity index (χ0n) is 10.7. The molecule has 20 heavy (non-hydrogen) atoms. The second kappa shape index (κ2) is 6.11. The number of carbonyl (C=O) groups excluding carboxylic acids is 1. The van der Waals surface area contributed by atoms with Gasteiger partial charge in [-0.15, -0.1) is 12.4 Å². The van der Waals surface area contributed by atoms with E-state index in [-0.39, 0.29) is 30.0 Å². The van der Waals surface area contributed by atoms with Crippen molar-refractivity contribution in [3.05, 3.63) is 30.2 Å². The van der Waals surface area contributed by atoms with Crippen molar-refractivity contribution in [2.24, 2.45) is 11.7 Å². The number of nitrogens with zero attached hydrogens (tertiary/aromatic N) is 1. The molecule has 2 heterocycles. The number of nitrogens with two attached hydrogens (primary N) is 1. The minimum Gasteiger partial charge on any atom is -0.461 e. The molecule has 1 aliphatic rings. The summed E-state index contributed by atoms with van der Waals surface area (Å²) in [6, 6.07) is 5.08. The van der Waals surface area contributed by atoms with Gasteiger partial charge in [0.2, 0.25) is 5.76 Å². The quantitative estimate of drug-likeness (QED) is 0.878. The Balaban J connectivity index is 0.00000147. The van der Waals surface area contributed by atoms with E-state index in [2.05, 4.69) is 10.5 Å². The third-order valence-electron chi connectivity index (χ3n) is 3.27. The molecule has 108 valence electrons. The summed E-state index contributed by atoms with van der Waals surface area (Å²) in [4.78, 5) is 12.0. The lowest BCUT2D eigenvalue weighted by molar-refractivity contribution is 0.0924. The Hall–Kier alpha value is -1.79. The van der Waals surface area contributed by atoms with Crippen molar-refractivity contribution in [1.82, 2.24) is 10.5 Å². The van der Waals surface area contributed by atoms with E-state index in [0.29, 0.717) is 24.0 Å². The van der Waals surface area contributed by atoms with Gasteiger partial charge >= 0.3 is 0 Å². The minimum atomic E-state index is -0.260. The number of amides is 1. The highest BCUT2D eigenvalue weighted by Crippen LogP contribution is 2.32. The van der Waals surface area contributed by atoms with Crippen LogP contribution in [0, 0.1) is 5.92 Å². The van der Waals surface area contributed by atoms with Gasteiger partial charge < -0.3 is 20.0 Å². The van der Waals surface area contributed by atoms with Gasteiger partial charge in [0.1, 0.15) is 0 Å². The summed E-state index contributed by atoms with van der Waals surface area (Å²) >= 11 is 0. The molecule has 2 aromatic heterocycles. The first-order chi connectivity index (χ1) is 9.28. The maximum atomic E-state index is 12.0. The van der Waals surface area contributed by atoms with Gasteiger partial charge in [-0.3, -0.25) is 4.79 Å². The van der Waals surface area contributed by atoms with Gasteiger partial charge in [0, 0.05) is 18.7 Å². The van der Waals surface area contributed by atoms with Gasteiger partial charge in [-0.2, -0.15) is 0 Å². The van der Waals surface area contributed by atoms with Gasteiger partial charge in [-0.25, -0.2) is 0 Å². The number of carbonyl (C=O) groups is 1. The Bertz CT molecular complexity index is 563. The molecule has 2 aromatic rings. The van der Waals surface area contributed by atoms with E-state index in [1.807, 2.05) is 0 Å². The molecule has 1 saturated carbocycles. The van der Waals surface area contributed by atoms with Crippen molar-refractivity contribution in [2.75, 3.05) is 6.54 Å². The minimum absolute atomic E-state index is 0. The van der Waals surface area contributed by atoms with Gasteiger partial charge in [0.25, 0.3) is 5.91 Å². The molecule has 6 nitrogen and oxygen atoms in total. The summed E-state index contributed by atoms with van der Waals surface area (Å²) in [6.45, 7) is 0.444. The van der Waals surface area contributed by atoms with Crippen LogP contribution in [0.4, 0.5) is 0 Å². The third-order valence-corrected chi connectivity index (χ3v) is 3.27. The molecular formula is C13H16ClN3O3. The number of furan rings is 1. The fraction of sp³-hybridized carbons (Fsp3) is 0.385. The summed E-state index contributed by atoms with van der Waals surface area (Å²) in [5.41, 5.74) is 5.89. The van der Waals surface area contributed by atoms with E-state index < -0.39 is 0 Å². The lowest BCUT2D eigenvalue weighted by Crippen LogP contribution is -2.41. The highest BCUT2D eigenvalue weighted by atomic mass is 35.5. The third kappa shape index (κ3) is 3.02. The molecule has 1 fully saturated rings. The first-order valence-corrected chi connectivity index (χ1v) is 6.29. The highest BCUT2D eigenvalue weighted by molar-refractivity contribution is 5.93. The van der Waals surface area contributed by atoms with E-state index in [9.17, 15) is 4.79 Å². The maximum Gasteiger partial charge on any atom is 0.273 e. The zero-order chi connectivity index (χ0) is 13.2. The predicted octanol–water partition coefficient (Wildman–Crippen LogP) is 1.82. The van der Waals surface area contributed by atoms with Crippen LogP contribution in [-0.4, -0.2) is 23.7 Å². The Morgan fingerprint density at radius 3 is 2.90 bits per heavy atom. The molecule has 1 atom stereocenters. The standard InChI is InChI=1S/C13H15N3O3.ClH/c14-7-10(8-3-4-8)15-13(17)9-6-12(19-16-9)11-2-1-5-18-11;/h1-2,5-6,8,10H,3-4,7,14H2,(H,15,17);1H. The van der Waals surface area contributed by atoms with Crippen LogP contribution in [0.1, 0.15) is 23.3 Å². The monoisotopic (exact) mass is 297 g/mol. The van der Waals surface area contributed by atoms with Crippen molar-refractivity contribution in [1.29, 1.82) is 0 Å². The molecular weight excluding hydrogens is 282 g/mol. The maximum absolute atomic E-state index is 12.0. The lowest BCUT2D eigenvalue weighted by atomic mass is 10.2. The topological polar surface area (TPSA) is 94.3 Å². The smallest absolute Gasteiger partial charge is 0.273 e. The van der Waals surface area contributed by atoms with Gasteiger partial charge in [-0.1, -0.05) is 5.16 Å². The SMILES string of the molecule is Cl.NCC(NC(=O)c1cc(-c2ccco2)on1)C1CC1. The van der Waals surface area contributed by atoms with E-state index in [1.165, 1.54) is 6.26 Å². The summed E-state index contributed by atoms with van der Waals surface area (Å²) in [6.07, 6.45) is 3.78. The second-order valence-electron chi connectivity index (χ2n) is 4.71. The summed E-state index contributed by atoms with van der Waals surface area (Å²) in [5.74, 6) is 1.23. The van der Waals surface area contributed by atoms with Crippen molar-refractivity contribution < 1.29 is 13.7 Å². The van der Waals surface area contributed by atoms with Gasteiger partial charge in [0.05, 0.1) is 6.26 Å². The van der Waals surface area contributed by atoms with Crippen LogP contribution in [0.3, 0.4) is 0 Å². The molecule has 0 aliphatic heterocycles. The molecule has 7 heteroatoms. The van der Waals surface area contributed by atoms with E-state index in [1.54, 1.807) is 18.2 Å². The summed E-state index contributed by atoms with van der Waals surface area (Å²) < 4.78 is 10.3. The molecule has 0 bridgehead atoms. The molecule has 1 unspecified atom stereocenters. The highest BCUT2D eigenvalue weighted by Gasteiger charge is 2.32. The van der Waals surface area contributed by atoms with Gasteiger partial charge in [0.15, 0.2) is 11.5 Å². The van der Waals surface area contributed by atoms with Crippen LogP contribution in [0.15, 0.2) is 33.4 Å². The van der Waals surface area contributed by atoms with Crippen molar-refractivity contribution >= 4 is 18.3 Å². The summed E-state index contributed by atoms with van der Waals surface area (Å²) in [5, 5.41) is 6.64. The Morgan fingerprint density at radius 2 is 2.30 bits per heavy atom. The van der Waals surface area contributed by atoms with Crippen LogP contribution >= 0.6 is 12.4 Å². The van der Waals surface area contributed by atoms with E-state index in [0.717, 1.165) is 12.8 Å². The van der Waals surface area contributed by atoms with Crippen molar-refractivity contribution in [3.8, 4) is 11.5 Å². The zero-order valence-corrected chi connectivity index (χ0v) is 11.6. The largest absolute Gasteiger partial charge is 0.461 e. The first-order valence-electron chi connectivity index (χ1n) is 6.29. The lowest BCUT2D eigenvalue weighted by Gasteiger charge is -2.14. The fourth-order valence-corrected chi connectivity index (χ4v) is 2.03. The number of nitrogens with one attached hydrogen (secondary N) is 1. The number of hydrogen-bond acceptors (Lipinski definition) is 5. The van der Waals surface area contributed by atoms with Crippen molar-refractivity contribution in [3.63, 3.8) is 0 Å². The number of aromatic nitrogens is 1. The van der Waals surface area contributed by atoms with Crippen LogP contribution < -0.4 is 11.1 Å². The van der Waals surface area contributed by atoms with E-state index >= 15 is 0 Å². The van der Waals surface area contributed by atoms with E-state index in [4.69, 9.17) is 14.7 Å². The number of rotatable bonds is 5. The molecule has 1 aliphatic carbocycles. The Morgan fingerprint density at radius 1 is 1.50 bits per heavy atom. The van der Waals surface area contributed by atoms with Crippen LogP contribution in [0.2, 0.25) is 0 Å². The molecule has 0 aromatic carbocycles. The second-order valence-corrected chi connectivity index (χ2v) is 4.71. The molecule has 0 spiro atoms. The number of halogens is 1. The van der Waals surface area contributed by atoms with Crippen molar-refractivity contribution in [2.45, 2.75) is 18.9 Å². The van der Waals surface area contributed by atoms with Crippen LogP contribution in [0.5, 0.6) is 0 Å². The predicted molar refractivity (Wildman–Crippen MR) is 74.5 cm³/mol. The Kier molecular flexibility index (Phi) is 4.46. The first kappa shape index (κ1) is 14.6. The molecule has 1 amide bonds. The summed E-state index contributed by atoms with van der Waals surface area (Å²) in [7, 11) is 0. The average molecular weight is 298 g/mol. The number of hydrogen-bond donors (Lipinski definition) is 2. The fourth-order valence-electron chi connectivity index (χ4n) is 2.03. The average Bonchev–Trinajstić information content (AvgIpc) is 2.95. The Labute approximate surface area is 122 Å². The normalized spacial score (nSPS) is 15.4. The van der Waals surface area contributed by atoms with Crippen LogP contribution in [-0.2, 0) is 0 Å². The molecule has 3 rings (SSSR count). The molecule has 3 N–H and O–H groups in total. The molecule has 0 radical (unpaired) electrons.